The number of alkyl halides is 3. The number of nitrogen functional groups attached to an aromatic ring is 1. The number of hydrogen-bond acceptors (Lipinski definition) is 7. The molecule has 32 heavy (non-hydrogen) atoms. The van der Waals surface area contributed by atoms with E-state index in [2.05, 4.69) is 25.2 Å². The molecule has 3 N–H and O–H groups in total. The number of benzene rings is 1. The van der Waals surface area contributed by atoms with Gasteiger partial charge in [0.15, 0.2) is 0 Å². The van der Waals surface area contributed by atoms with Gasteiger partial charge in [-0.15, -0.1) is 23.4 Å². The van der Waals surface area contributed by atoms with Crippen LogP contribution in [-0.2, 0) is 17.6 Å². The number of hydrogen-bond donors (Lipinski definition) is 2. The summed E-state index contributed by atoms with van der Waals surface area (Å²) in [6.45, 7) is 0. The minimum absolute atomic E-state index is 0.0991. The Bertz CT molecular complexity index is 1080. The number of ether oxygens (including phenoxy) is 1. The molecule has 1 aliphatic rings. The van der Waals surface area contributed by atoms with Crippen molar-refractivity contribution >= 4 is 28.2 Å². The Morgan fingerprint density at radius 1 is 1.19 bits per heavy atom. The maximum absolute atomic E-state index is 12.3. The zero-order valence-corrected chi connectivity index (χ0v) is 17.6. The van der Waals surface area contributed by atoms with Gasteiger partial charge in [-0.3, -0.25) is 4.79 Å². The number of rotatable bonds is 7. The van der Waals surface area contributed by atoms with Gasteiger partial charge in [-0.25, -0.2) is 4.98 Å². The second-order valence-electron chi connectivity index (χ2n) is 7.69. The molecule has 1 fully saturated rings. The van der Waals surface area contributed by atoms with Crippen molar-refractivity contribution in [3.05, 3.63) is 58.7 Å². The first kappa shape index (κ1) is 22.0. The Hall–Kier alpha value is -3.21. The lowest BCUT2D eigenvalue weighted by molar-refractivity contribution is -0.274. The quantitative estimate of drug-likeness (QED) is 0.541. The number of nitrogens with two attached hydrogens (primary N) is 1. The van der Waals surface area contributed by atoms with Crippen molar-refractivity contribution in [2.45, 2.75) is 38.0 Å². The summed E-state index contributed by atoms with van der Waals surface area (Å²) in [6, 6.07) is 8.96. The number of carbonyl (C=O) groups is 1. The van der Waals surface area contributed by atoms with Crippen LogP contribution >= 0.6 is 11.3 Å². The minimum atomic E-state index is -4.78. The summed E-state index contributed by atoms with van der Waals surface area (Å²) in [7, 11) is 0. The van der Waals surface area contributed by atoms with Crippen LogP contribution in [0.15, 0.2) is 42.6 Å². The molecule has 0 radical (unpaired) electrons. The van der Waals surface area contributed by atoms with Crippen LogP contribution in [0.3, 0.4) is 0 Å². The van der Waals surface area contributed by atoms with Gasteiger partial charge in [-0.05, 0) is 54.5 Å². The number of amides is 1. The third-order valence-corrected chi connectivity index (χ3v) is 6.07. The zero-order valence-electron chi connectivity index (χ0n) is 16.8. The number of pyridine rings is 1. The van der Waals surface area contributed by atoms with Crippen LogP contribution in [0, 0.1) is 5.92 Å². The lowest BCUT2D eigenvalue weighted by atomic mass is 9.72. The number of carbonyl (C=O) groups excluding carboxylic acids is 1. The standard InChI is InChI=1S/C21H20F3N5O2S/c22-21(23,24)31-16-3-1-2-12(9-16)10-18(30)27-17-5-4-13(11-26-17)6-14-7-15(8-14)19-28-29-20(25)32-19/h1-5,9,11,14-15H,6-8,10H2,(H2,25,29)(H,26,27,30). The van der Waals surface area contributed by atoms with E-state index in [-0.39, 0.29) is 18.1 Å². The van der Waals surface area contributed by atoms with E-state index >= 15 is 0 Å². The van der Waals surface area contributed by atoms with Crippen molar-refractivity contribution in [1.82, 2.24) is 15.2 Å². The smallest absolute Gasteiger partial charge is 0.406 e. The number of nitrogens with one attached hydrogen (secondary N) is 1. The average molecular weight is 463 g/mol. The fourth-order valence-electron chi connectivity index (χ4n) is 3.69. The monoisotopic (exact) mass is 463 g/mol. The van der Waals surface area contributed by atoms with Crippen LogP contribution in [0.5, 0.6) is 5.75 Å². The molecule has 0 unspecified atom stereocenters. The highest BCUT2D eigenvalue weighted by Gasteiger charge is 2.33. The summed E-state index contributed by atoms with van der Waals surface area (Å²) in [5, 5.41) is 12.1. The minimum Gasteiger partial charge on any atom is -0.406 e. The molecule has 1 aliphatic carbocycles. The van der Waals surface area contributed by atoms with E-state index in [0.29, 0.717) is 28.3 Å². The molecule has 1 amide bonds. The summed E-state index contributed by atoms with van der Waals surface area (Å²) >= 11 is 1.44. The molecule has 11 heteroatoms. The van der Waals surface area contributed by atoms with Crippen molar-refractivity contribution in [3.8, 4) is 5.75 Å². The molecule has 0 spiro atoms. The van der Waals surface area contributed by atoms with Crippen LogP contribution < -0.4 is 15.8 Å². The van der Waals surface area contributed by atoms with Crippen molar-refractivity contribution in [1.29, 1.82) is 0 Å². The van der Waals surface area contributed by atoms with Gasteiger partial charge in [-0.1, -0.05) is 29.5 Å². The summed E-state index contributed by atoms with van der Waals surface area (Å²) in [4.78, 5) is 16.5. The van der Waals surface area contributed by atoms with Crippen LogP contribution in [0.2, 0.25) is 0 Å². The maximum Gasteiger partial charge on any atom is 0.573 e. The van der Waals surface area contributed by atoms with Gasteiger partial charge < -0.3 is 15.8 Å². The first-order valence-electron chi connectivity index (χ1n) is 9.92. The van der Waals surface area contributed by atoms with Crippen LogP contribution in [0.25, 0.3) is 0 Å². The second kappa shape index (κ2) is 9.11. The van der Waals surface area contributed by atoms with Crippen molar-refractivity contribution < 1.29 is 22.7 Å². The van der Waals surface area contributed by atoms with Gasteiger partial charge in [0, 0.05) is 12.1 Å². The molecular formula is C21H20F3N5O2S. The largest absolute Gasteiger partial charge is 0.573 e. The fraction of sp³-hybridized carbons (Fsp3) is 0.333. The summed E-state index contributed by atoms with van der Waals surface area (Å²) in [5.74, 6) is 0.600. The van der Waals surface area contributed by atoms with Gasteiger partial charge >= 0.3 is 6.36 Å². The molecule has 2 aromatic heterocycles. The SMILES string of the molecule is Nc1nnc(C2CC(Cc3ccc(NC(=O)Cc4cccc(OC(F)(F)F)c4)nc3)C2)s1. The summed E-state index contributed by atoms with van der Waals surface area (Å²) in [5.41, 5.74) is 7.10. The first-order valence-corrected chi connectivity index (χ1v) is 10.7. The molecule has 1 aromatic carbocycles. The predicted octanol–water partition coefficient (Wildman–Crippen LogP) is 4.33. The van der Waals surface area contributed by atoms with E-state index < -0.39 is 6.36 Å². The number of anilines is 2. The molecule has 168 valence electrons. The molecule has 4 rings (SSSR count). The van der Waals surface area contributed by atoms with Gasteiger partial charge in [0.2, 0.25) is 11.0 Å². The summed E-state index contributed by atoms with van der Waals surface area (Å²) in [6.07, 6.45) is -0.201. The van der Waals surface area contributed by atoms with Gasteiger partial charge in [-0.2, -0.15) is 0 Å². The van der Waals surface area contributed by atoms with E-state index in [1.807, 2.05) is 6.07 Å². The lowest BCUT2D eigenvalue weighted by Gasteiger charge is -2.33. The van der Waals surface area contributed by atoms with E-state index in [1.165, 1.54) is 29.5 Å². The number of halogens is 3. The van der Waals surface area contributed by atoms with E-state index in [1.54, 1.807) is 18.3 Å². The molecule has 0 saturated heterocycles. The Morgan fingerprint density at radius 2 is 2.00 bits per heavy atom. The van der Waals surface area contributed by atoms with E-state index in [0.717, 1.165) is 29.8 Å². The molecule has 3 aromatic rings. The molecule has 0 aliphatic heterocycles. The highest BCUT2D eigenvalue weighted by atomic mass is 32.1. The number of aromatic nitrogens is 3. The van der Waals surface area contributed by atoms with Crippen molar-refractivity contribution in [2.24, 2.45) is 5.92 Å². The molecular weight excluding hydrogens is 443 g/mol. The second-order valence-corrected chi connectivity index (χ2v) is 8.73. The molecule has 0 atom stereocenters. The fourth-order valence-corrected chi connectivity index (χ4v) is 4.43. The normalized spacial score (nSPS) is 18.1. The van der Waals surface area contributed by atoms with Crippen LogP contribution in [0.1, 0.15) is 34.9 Å². The lowest BCUT2D eigenvalue weighted by Crippen LogP contribution is -2.23. The predicted molar refractivity (Wildman–Crippen MR) is 113 cm³/mol. The Kier molecular flexibility index (Phi) is 6.26. The Labute approximate surface area is 185 Å². The van der Waals surface area contributed by atoms with Crippen LogP contribution in [0.4, 0.5) is 24.1 Å². The van der Waals surface area contributed by atoms with Crippen molar-refractivity contribution in [3.63, 3.8) is 0 Å². The van der Waals surface area contributed by atoms with Gasteiger partial charge in [0.1, 0.15) is 16.6 Å². The maximum atomic E-state index is 12.3. The van der Waals surface area contributed by atoms with Crippen molar-refractivity contribution in [2.75, 3.05) is 11.1 Å². The average Bonchev–Trinajstić information content (AvgIpc) is 3.10. The number of nitrogens with zero attached hydrogens (tertiary/aromatic N) is 3. The third-order valence-electron chi connectivity index (χ3n) is 5.15. The van der Waals surface area contributed by atoms with E-state index in [4.69, 9.17) is 5.73 Å². The summed E-state index contributed by atoms with van der Waals surface area (Å²) < 4.78 is 40.9. The topological polar surface area (TPSA) is 103 Å². The Morgan fingerprint density at radius 3 is 2.66 bits per heavy atom. The molecule has 2 heterocycles. The highest BCUT2D eigenvalue weighted by Crippen LogP contribution is 2.44. The van der Waals surface area contributed by atoms with Gasteiger partial charge in [0.25, 0.3) is 0 Å². The van der Waals surface area contributed by atoms with Crippen LogP contribution in [-0.4, -0.2) is 27.5 Å². The molecule has 1 saturated carbocycles. The zero-order chi connectivity index (χ0) is 22.7. The molecule has 0 bridgehead atoms. The first-order chi connectivity index (χ1) is 15.2. The van der Waals surface area contributed by atoms with Gasteiger partial charge in [0.05, 0.1) is 6.42 Å². The third kappa shape index (κ3) is 5.94. The van der Waals surface area contributed by atoms with E-state index in [9.17, 15) is 18.0 Å². The Balaban J connectivity index is 1.25. The highest BCUT2D eigenvalue weighted by molar-refractivity contribution is 7.15. The molecule has 7 nitrogen and oxygen atoms in total.